The van der Waals surface area contributed by atoms with E-state index in [2.05, 4.69) is 29.2 Å². The number of hydrogen-bond acceptors (Lipinski definition) is 3. The van der Waals surface area contributed by atoms with E-state index in [9.17, 15) is 4.79 Å². The second-order valence-corrected chi connectivity index (χ2v) is 8.69. The Labute approximate surface area is 172 Å². The number of halogens is 2. The summed E-state index contributed by atoms with van der Waals surface area (Å²) in [6, 6.07) is 4.39. The molecule has 0 saturated carbocycles. The van der Waals surface area contributed by atoms with Gasteiger partial charge in [-0.2, -0.15) is 0 Å². The molecule has 27 heavy (non-hydrogen) atoms. The van der Waals surface area contributed by atoms with Crippen LogP contribution in [0.5, 0.6) is 0 Å². The molecule has 1 aliphatic carbocycles. The Morgan fingerprint density at radius 2 is 1.89 bits per heavy atom. The van der Waals surface area contributed by atoms with Gasteiger partial charge in [-0.05, 0) is 70.1 Å². The van der Waals surface area contributed by atoms with E-state index in [1.54, 1.807) is 4.90 Å². The summed E-state index contributed by atoms with van der Waals surface area (Å²) in [4.78, 5) is 19.2. The lowest BCUT2D eigenvalue weighted by Gasteiger charge is -2.35. The van der Waals surface area contributed by atoms with E-state index in [1.807, 2.05) is 19.2 Å². The Hall–Kier alpha value is -1.01. The highest BCUT2D eigenvalue weighted by molar-refractivity contribution is 6.42. The van der Waals surface area contributed by atoms with Crippen LogP contribution < -0.4 is 5.32 Å². The first-order chi connectivity index (χ1) is 12.9. The first-order valence-electron chi connectivity index (χ1n) is 9.74. The van der Waals surface area contributed by atoms with Crippen LogP contribution in [0, 0.1) is 0 Å². The number of likely N-dealkylation sites (N-methyl/N-ethyl adjacent to an activating group) is 2. The summed E-state index contributed by atoms with van der Waals surface area (Å²) >= 11 is 12.4. The van der Waals surface area contributed by atoms with E-state index in [0.717, 1.165) is 50.1 Å². The molecule has 0 spiro atoms. The predicted molar refractivity (Wildman–Crippen MR) is 112 cm³/mol. The molecule has 3 rings (SSSR count). The Bertz CT molecular complexity index is 676. The number of fused-ring (bicyclic) bond motifs is 1. The minimum Gasteiger partial charge on any atom is -0.331 e. The van der Waals surface area contributed by atoms with Gasteiger partial charge < -0.3 is 20.0 Å². The Kier molecular flexibility index (Phi) is 6.90. The molecule has 7 heteroatoms. The molecule has 1 aromatic rings. The van der Waals surface area contributed by atoms with Crippen molar-refractivity contribution < 1.29 is 4.79 Å². The molecule has 2 aliphatic rings. The van der Waals surface area contributed by atoms with Crippen LogP contribution in [0.2, 0.25) is 10.0 Å². The third-order valence-electron chi connectivity index (χ3n) is 6.03. The summed E-state index contributed by atoms with van der Waals surface area (Å²) in [5.41, 5.74) is 2.16. The van der Waals surface area contributed by atoms with Crippen LogP contribution in [0.3, 0.4) is 0 Å². The molecule has 1 aliphatic heterocycles. The zero-order valence-electron chi connectivity index (χ0n) is 16.5. The highest BCUT2D eigenvalue weighted by Gasteiger charge is 2.28. The fourth-order valence-electron chi connectivity index (χ4n) is 4.07. The van der Waals surface area contributed by atoms with Crippen molar-refractivity contribution >= 4 is 29.2 Å². The van der Waals surface area contributed by atoms with Crippen molar-refractivity contribution in [3.63, 3.8) is 0 Å². The maximum atomic E-state index is 12.6. The van der Waals surface area contributed by atoms with Gasteiger partial charge in [0.1, 0.15) is 0 Å². The topological polar surface area (TPSA) is 38.8 Å². The zero-order valence-corrected chi connectivity index (χ0v) is 18.0. The number of carbonyl (C=O) groups excluding carboxylic acids is 1. The minimum atomic E-state index is -0.0318. The van der Waals surface area contributed by atoms with Gasteiger partial charge in [-0.1, -0.05) is 29.3 Å². The van der Waals surface area contributed by atoms with Crippen LogP contribution in [0.15, 0.2) is 12.1 Å². The van der Waals surface area contributed by atoms with E-state index in [0.29, 0.717) is 16.1 Å². The van der Waals surface area contributed by atoms with Crippen molar-refractivity contribution in [3.05, 3.63) is 33.3 Å². The van der Waals surface area contributed by atoms with Crippen LogP contribution >= 0.6 is 23.2 Å². The molecule has 150 valence electrons. The lowest BCUT2D eigenvalue weighted by molar-refractivity contribution is 0.134. The molecule has 0 radical (unpaired) electrons. The lowest BCUT2D eigenvalue weighted by Crippen LogP contribution is -2.46. The number of likely N-dealkylation sites (tertiary alicyclic amines) is 1. The summed E-state index contributed by atoms with van der Waals surface area (Å²) in [7, 11) is 6.21. The van der Waals surface area contributed by atoms with Crippen LogP contribution in [-0.4, -0.2) is 74.1 Å². The highest BCUT2D eigenvalue weighted by atomic mass is 35.5. The number of carbonyl (C=O) groups is 1. The molecule has 1 unspecified atom stereocenters. The molecular weight excluding hydrogens is 383 g/mol. The van der Waals surface area contributed by atoms with Gasteiger partial charge in [0.05, 0.1) is 16.1 Å². The maximum Gasteiger partial charge on any atom is 0.317 e. The molecule has 5 nitrogen and oxygen atoms in total. The van der Waals surface area contributed by atoms with Crippen molar-refractivity contribution in [2.75, 3.05) is 47.3 Å². The summed E-state index contributed by atoms with van der Waals surface area (Å²) in [6.45, 7) is 3.91. The second kappa shape index (κ2) is 8.99. The van der Waals surface area contributed by atoms with Gasteiger partial charge in [-0.15, -0.1) is 0 Å². The average molecular weight is 413 g/mol. The smallest absolute Gasteiger partial charge is 0.317 e. The summed E-state index contributed by atoms with van der Waals surface area (Å²) in [6.07, 6.45) is 4.11. The van der Waals surface area contributed by atoms with Crippen LogP contribution in [0.25, 0.3) is 0 Å². The fraction of sp³-hybridized carbons (Fsp3) is 0.650. The Balaban J connectivity index is 1.48. The number of nitrogens with one attached hydrogen (secondary N) is 1. The number of piperidine rings is 1. The van der Waals surface area contributed by atoms with E-state index in [-0.39, 0.29) is 12.1 Å². The van der Waals surface area contributed by atoms with Crippen LogP contribution in [0.1, 0.15) is 36.4 Å². The molecule has 1 atom stereocenters. The van der Waals surface area contributed by atoms with Gasteiger partial charge in [-0.3, -0.25) is 0 Å². The number of amides is 2. The summed E-state index contributed by atoms with van der Waals surface area (Å²) in [5.74, 6) is 0. The van der Waals surface area contributed by atoms with Gasteiger partial charge in [-0.25, -0.2) is 4.79 Å². The third-order valence-corrected chi connectivity index (χ3v) is 6.88. The maximum absolute atomic E-state index is 12.6. The van der Waals surface area contributed by atoms with Gasteiger partial charge in [0.25, 0.3) is 0 Å². The standard InChI is InChI=1S/C20H30Cl2N4O/c1-24-10-8-14(9-11-24)25(2)12-13-26(3)20(27)23-18-7-5-16-15(18)4-6-17(21)19(16)22/h4,6,14,18H,5,7-13H2,1-3H3,(H,23,27). The van der Waals surface area contributed by atoms with Gasteiger partial charge in [0.2, 0.25) is 0 Å². The number of benzene rings is 1. The highest BCUT2D eigenvalue weighted by Crippen LogP contribution is 2.39. The SMILES string of the molecule is CN1CCC(N(C)CCN(C)C(=O)NC2CCc3c2ccc(Cl)c3Cl)CC1. The number of nitrogens with zero attached hydrogens (tertiary/aromatic N) is 3. The third kappa shape index (κ3) is 4.89. The zero-order chi connectivity index (χ0) is 19.6. The molecule has 1 fully saturated rings. The Morgan fingerprint density at radius 3 is 2.59 bits per heavy atom. The van der Waals surface area contributed by atoms with Gasteiger partial charge >= 0.3 is 6.03 Å². The van der Waals surface area contributed by atoms with Gasteiger partial charge in [0.15, 0.2) is 0 Å². The normalized spacial score (nSPS) is 20.7. The van der Waals surface area contributed by atoms with Crippen LogP contribution in [0.4, 0.5) is 4.79 Å². The average Bonchev–Trinajstić information content (AvgIpc) is 3.06. The van der Waals surface area contributed by atoms with E-state index < -0.39 is 0 Å². The van der Waals surface area contributed by atoms with Crippen molar-refractivity contribution in [2.24, 2.45) is 0 Å². The van der Waals surface area contributed by atoms with Crippen molar-refractivity contribution in [2.45, 2.75) is 37.8 Å². The van der Waals surface area contributed by atoms with E-state index >= 15 is 0 Å². The first kappa shape index (κ1) is 20.7. The second-order valence-electron chi connectivity index (χ2n) is 7.91. The van der Waals surface area contributed by atoms with Gasteiger partial charge in [0, 0.05) is 26.2 Å². The number of hydrogen-bond donors (Lipinski definition) is 1. The molecule has 1 saturated heterocycles. The molecular formula is C20H30Cl2N4O. The number of urea groups is 1. The van der Waals surface area contributed by atoms with Crippen molar-refractivity contribution in [1.82, 2.24) is 20.0 Å². The molecule has 2 amide bonds. The van der Waals surface area contributed by atoms with Crippen molar-refractivity contribution in [1.29, 1.82) is 0 Å². The van der Waals surface area contributed by atoms with E-state index in [1.165, 1.54) is 12.8 Å². The fourth-order valence-corrected chi connectivity index (χ4v) is 4.51. The summed E-state index contributed by atoms with van der Waals surface area (Å²) in [5, 5.41) is 4.35. The van der Waals surface area contributed by atoms with Crippen LogP contribution in [-0.2, 0) is 6.42 Å². The lowest BCUT2D eigenvalue weighted by atomic mass is 10.0. The molecule has 1 N–H and O–H groups in total. The molecule has 1 aromatic carbocycles. The largest absolute Gasteiger partial charge is 0.331 e. The number of rotatable bonds is 5. The molecule has 0 aromatic heterocycles. The molecule has 0 bridgehead atoms. The predicted octanol–water partition coefficient (Wildman–Crippen LogP) is 3.65. The minimum absolute atomic E-state index is 0.0105. The quantitative estimate of drug-likeness (QED) is 0.801. The Morgan fingerprint density at radius 1 is 1.19 bits per heavy atom. The molecule has 1 heterocycles. The first-order valence-corrected chi connectivity index (χ1v) is 10.5. The monoisotopic (exact) mass is 412 g/mol. The van der Waals surface area contributed by atoms with Crippen molar-refractivity contribution in [3.8, 4) is 0 Å². The summed E-state index contributed by atoms with van der Waals surface area (Å²) < 4.78 is 0. The van der Waals surface area contributed by atoms with E-state index in [4.69, 9.17) is 23.2 Å².